The summed E-state index contributed by atoms with van der Waals surface area (Å²) in [5.74, 6) is -0.0498. The van der Waals surface area contributed by atoms with Gasteiger partial charge in [0.25, 0.3) is 0 Å². The lowest BCUT2D eigenvalue weighted by molar-refractivity contribution is -0.220. The maximum atomic E-state index is 12.0. The van der Waals surface area contributed by atoms with Crippen LogP contribution in [0.15, 0.2) is 11.6 Å². The molecule has 7 unspecified atom stereocenters. The molecule has 1 spiro atoms. The quantitative estimate of drug-likeness (QED) is 0.739. The van der Waals surface area contributed by atoms with Crippen LogP contribution in [0.5, 0.6) is 0 Å². The van der Waals surface area contributed by atoms with Crippen molar-refractivity contribution in [2.75, 3.05) is 13.7 Å². The molecule has 26 heavy (non-hydrogen) atoms. The van der Waals surface area contributed by atoms with Crippen molar-refractivity contribution in [3.63, 3.8) is 0 Å². The molecule has 4 aliphatic carbocycles. The molecule has 7 atom stereocenters. The summed E-state index contributed by atoms with van der Waals surface area (Å²) in [5.41, 5.74) is 0.398. The Morgan fingerprint density at radius 3 is 2.81 bits per heavy atom. The monoisotopic (exact) mass is 362 g/mol. The molecule has 2 N–H and O–H groups in total. The standard InChI is InChI=1S/C21H30O5/c1-18-7-8-21(25-2)15(9-17(23)26-21)14(18)5-6-19-10-13(3-4-16(18)19)20(24,11-19)12-22/h9,13-14,16,22,24H,3-8,10-12H2,1-2H3. The average molecular weight is 362 g/mol. The van der Waals surface area contributed by atoms with Crippen molar-refractivity contribution >= 4 is 5.97 Å². The van der Waals surface area contributed by atoms with Crippen LogP contribution in [-0.4, -0.2) is 41.3 Å². The van der Waals surface area contributed by atoms with Crippen LogP contribution >= 0.6 is 0 Å². The zero-order valence-corrected chi connectivity index (χ0v) is 15.8. The second kappa shape index (κ2) is 5.12. The number of aliphatic hydroxyl groups excluding tert-OH is 1. The minimum atomic E-state index is -0.894. The summed E-state index contributed by atoms with van der Waals surface area (Å²) < 4.78 is 11.3. The van der Waals surface area contributed by atoms with E-state index in [0.717, 1.165) is 50.5 Å². The molecule has 4 fully saturated rings. The number of carbonyl (C=O) groups excluding carboxylic acids is 1. The van der Waals surface area contributed by atoms with Crippen molar-refractivity contribution in [1.29, 1.82) is 0 Å². The van der Waals surface area contributed by atoms with Crippen molar-refractivity contribution < 1.29 is 24.5 Å². The molecular weight excluding hydrogens is 332 g/mol. The van der Waals surface area contributed by atoms with Crippen LogP contribution in [0.1, 0.15) is 58.3 Å². The van der Waals surface area contributed by atoms with Gasteiger partial charge in [-0.3, -0.25) is 0 Å². The molecule has 2 bridgehead atoms. The maximum absolute atomic E-state index is 12.0. The number of carbonyl (C=O) groups is 1. The predicted molar refractivity (Wildman–Crippen MR) is 93.9 cm³/mol. The third-order valence-corrected chi connectivity index (χ3v) is 9.09. The van der Waals surface area contributed by atoms with Crippen molar-refractivity contribution in [3.05, 3.63) is 11.6 Å². The Morgan fingerprint density at radius 2 is 2.08 bits per heavy atom. The molecule has 4 saturated carbocycles. The van der Waals surface area contributed by atoms with Gasteiger partial charge in [-0.15, -0.1) is 0 Å². The highest BCUT2D eigenvalue weighted by Gasteiger charge is 2.68. The number of hydrogen-bond donors (Lipinski definition) is 2. The fourth-order valence-corrected chi connectivity index (χ4v) is 8.00. The number of hydrogen-bond acceptors (Lipinski definition) is 5. The van der Waals surface area contributed by atoms with Crippen LogP contribution in [0, 0.1) is 28.6 Å². The van der Waals surface area contributed by atoms with Gasteiger partial charge in [-0.05, 0) is 73.5 Å². The van der Waals surface area contributed by atoms with Crippen LogP contribution in [0.4, 0.5) is 0 Å². The number of methoxy groups -OCH3 is 1. The summed E-state index contributed by atoms with van der Waals surface area (Å²) >= 11 is 0. The summed E-state index contributed by atoms with van der Waals surface area (Å²) in [4.78, 5) is 12.0. The Labute approximate surface area is 154 Å². The molecule has 5 aliphatic rings. The minimum Gasteiger partial charge on any atom is -0.426 e. The number of ether oxygens (including phenoxy) is 2. The first-order valence-corrected chi connectivity index (χ1v) is 10.1. The number of esters is 1. The Kier molecular flexibility index (Phi) is 3.39. The Bertz CT molecular complexity index is 688. The average Bonchev–Trinajstić information content (AvgIpc) is 3.07. The molecule has 0 amide bonds. The van der Waals surface area contributed by atoms with E-state index in [1.807, 2.05) is 0 Å². The maximum Gasteiger partial charge on any atom is 0.333 e. The van der Waals surface area contributed by atoms with Gasteiger partial charge in [-0.2, -0.15) is 0 Å². The second-order valence-corrected chi connectivity index (χ2v) is 9.91. The number of fused-ring (bicyclic) bond motifs is 5. The molecule has 1 aliphatic heterocycles. The van der Waals surface area contributed by atoms with Crippen LogP contribution in [-0.2, 0) is 14.3 Å². The van der Waals surface area contributed by atoms with Crippen molar-refractivity contribution in [3.8, 4) is 0 Å². The molecule has 5 rings (SSSR count). The zero-order valence-electron chi connectivity index (χ0n) is 15.8. The first-order valence-electron chi connectivity index (χ1n) is 10.1. The molecule has 0 aromatic carbocycles. The van der Waals surface area contributed by atoms with Gasteiger partial charge in [0.05, 0.1) is 12.2 Å². The zero-order chi connectivity index (χ0) is 18.4. The first-order chi connectivity index (χ1) is 12.3. The number of rotatable bonds is 2. The van der Waals surface area contributed by atoms with Crippen molar-refractivity contribution in [2.24, 2.45) is 28.6 Å². The lowest BCUT2D eigenvalue weighted by atomic mass is 9.44. The summed E-state index contributed by atoms with van der Waals surface area (Å²) in [5, 5.41) is 20.8. The molecular formula is C21H30O5. The van der Waals surface area contributed by atoms with E-state index in [-0.39, 0.29) is 29.3 Å². The van der Waals surface area contributed by atoms with Gasteiger partial charge in [-0.1, -0.05) is 6.92 Å². The SMILES string of the molecule is COC12CCC3(C)C(CCC45CC(CCC43)C(O)(CO)C5)C1=CC(=O)O2. The predicted octanol–water partition coefficient (Wildman–Crippen LogP) is 2.55. The van der Waals surface area contributed by atoms with Crippen molar-refractivity contribution in [1.82, 2.24) is 0 Å². The molecule has 0 saturated heterocycles. The smallest absolute Gasteiger partial charge is 0.333 e. The lowest BCUT2D eigenvalue weighted by Crippen LogP contribution is -2.56. The second-order valence-electron chi connectivity index (χ2n) is 9.91. The van der Waals surface area contributed by atoms with E-state index in [0.29, 0.717) is 18.3 Å². The molecule has 5 heteroatoms. The third-order valence-electron chi connectivity index (χ3n) is 9.09. The minimum absolute atomic E-state index is 0.103. The Balaban J connectivity index is 1.54. The van der Waals surface area contributed by atoms with Crippen molar-refractivity contribution in [2.45, 2.75) is 69.7 Å². The van der Waals surface area contributed by atoms with Crippen LogP contribution in [0.2, 0.25) is 0 Å². The molecule has 144 valence electrons. The van der Waals surface area contributed by atoms with Gasteiger partial charge in [0.1, 0.15) is 0 Å². The molecule has 5 nitrogen and oxygen atoms in total. The van der Waals surface area contributed by atoms with E-state index in [1.54, 1.807) is 13.2 Å². The Morgan fingerprint density at radius 1 is 1.27 bits per heavy atom. The lowest BCUT2D eigenvalue weighted by Gasteiger charge is -2.61. The van der Waals surface area contributed by atoms with E-state index >= 15 is 0 Å². The van der Waals surface area contributed by atoms with E-state index in [9.17, 15) is 15.0 Å². The summed E-state index contributed by atoms with van der Waals surface area (Å²) in [6, 6.07) is 0. The Hall–Kier alpha value is -0.910. The molecule has 1 heterocycles. The van der Waals surface area contributed by atoms with Gasteiger partial charge in [0, 0.05) is 25.2 Å². The summed E-state index contributed by atoms with van der Waals surface area (Å²) in [6.07, 6.45) is 9.33. The van der Waals surface area contributed by atoms with Gasteiger partial charge >= 0.3 is 5.97 Å². The van der Waals surface area contributed by atoms with Gasteiger partial charge < -0.3 is 19.7 Å². The number of aliphatic hydroxyl groups is 2. The first kappa shape index (κ1) is 17.2. The summed E-state index contributed by atoms with van der Waals surface area (Å²) in [7, 11) is 1.64. The van der Waals surface area contributed by atoms with Gasteiger partial charge in [-0.25, -0.2) is 4.79 Å². The molecule has 0 radical (unpaired) electrons. The van der Waals surface area contributed by atoms with E-state index < -0.39 is 11.4 Å². The molecule has 0 aromatic heterocycles. The largest absolute Gasteiger partial charge is 0.426 e. The van der Waals surface area contributed by atoms with Crippen LogP contribution < -0.4 is 0 Å². The fraction of sp³-hybridized carbons (Fsp3) is 0.857. The molecule has 0 aromatic rings. The highest BCUT2D eigenvalue weighted by Crippen LogP contribution is 2.72. The topological polar surface area (TPSA) is 76.0 Å². The third kappa shape index (κ3) is 1.90. The van der Waals surface area contributed by atoms with Gasteiger partial charge in [0.2, 0.25) is 5.79 Å². The van der Waals surface area contributed by atoms with Crippen LogP contribution in [0.25, 0.3) is 0 Å². The highest BCUT2D eigenvalue weighted by molar-refractivity contribution is 5.86. The fourth-order valence-electron chi connectivity index (χ4n) is 8.00. The van der Waals surface area contributed by atoms with E-state index in [4.69, 9.17) is 9.47 Å². The normalized spacial score (nSPS) is 54.8. The summed E-state index contributed by atoms with van der Waals surface area (Å²) in [6.45, 7) is 2.27. The van der Waals surface area contributed by atoms with E-state index in [1.165, 1.54) is 0 Å². The van der Waals surface area contributed by atoms with Gasteiger partial charge in [0.15, 0.2) is 0 Å². The van der Waals surface area contributed by atoms with Crippen LogP contribution in [0.3, 0.4) is 0 Å². The highest BCUT2D eigenvalue weighted by atomic mass is 16.7. The van der Waals surface area contributed by atoms with E-state index in [2.05, 4.69) is 6.92 Å².